The molecule has 8 aromatic rings. The Morgan fingerprint density at radius 1 is 0.372 bits per heavy atom. The predicted molar refractivity (Wildman–Crippen MR) is 184 cm³/mol. The minimum absolute atomic E-state index is 1.13. The van der Waals surface area contributed by atoms with Crippen molar-refractivity contribution in [2.75, 3.05) is 4.90 Å². The van der Waals surface area contributed by atoms with Gasteiger partial charge in [-0.3, -0.25) is 0 Å². The van der Waals surface area contributed by atoms with E-state index in [0.29, 0.717) is 0 Å². The average molecular weight is 546 g/mol. The van der Waals surface area contributed by atoms with Crippen molar-refractivity contribution in [3.8, 4) is 11.1 Å². The first kappa shape index (κ1) is 24.0. The normalized spacial score (nSPS) is 12.1. The molecular weight excluding hydrogens is 518 g/mol. The van der Waals surface area contributed by atoms with Crippen molar-refractivity contribution in [2.45, 2.75) is 0 Å². The van der Waals surface area contributed by atoms with E-state index in [2.05, 4.69) is 169 Å². The summed E-state index contributed by atoms with van der Waals surface area (Å²) in [4.78, 5) is 2.39. The van der Waals surface area contributed by atoms with Gasteiger partial charge < -0.3 is 4.90 Å². The van der Waals surface area contributed by atoms with Crippen molar-refractivity contribution in [1.82, 2.24) is 0 Å². The topological polar surface area (TPSA) is 3.24 Å². The summed E-state index contributed by atoms with van der Waals surface area (Å²) >= 11 is 0. The van der Waals surface area contributed by atoms with Crippen LogP contribution in [-0.4, -0.2) is 0 Å². The molecule has 0 unspecified atom stereocenters. The van der Waals surface area contributed by atoms with E-state index in [1.165, 1.54) is 71.4 Å². The van der Waals surface area contributed by atoms with Crippen LogP contribution in [-0.2, 0) is 0 Å². The zero-order chi connectivity index (χ0) is 28.3. The van der Waals surface area contributed by atoms with Crippen LogP contribution in [0.2, 0.25) is 0 Å². The molecule has 0 radical (unpaired) electrons. The number of rotatable bonds is 4. The molecular formula is C42H27N. The van der Waals surface area contributed by atoms with Gasteiger partial charge in [0.15, 0.2) is 0 Å². The Morgan fingerprint density at radius 2 is 0.907 bits per heavy atom. The van der Waals surface area contributed by atoms with Crippen molar-refractivity contribution >= 4 is 61.0 Å². The van der Waals surface area contributed by atoms with E-state index in [4.69, 9.17) is 0 Å². The highest BCUT2D eigenvalue weighted by Crippen LogP contribution is 2.46. The Labute approximate surface area is 250 Å². The minimum Gasteiger partial charge on any atom is -0.310 e. The lowest BCUT2D eigenvalue weighted by Crippen LogP contribution is -2.10. The van der Waals surface area contributed by atoms with Gasteiger partial charge in [0.2, 0.25) is 0 Å². The molecule has 43 heavy (non-hydrogen) atoms. The van der Waals surface area contributed by atoms with Crippen LogP contribution in [0.3, 0.4) is 0 Å². The molecule has 1 aliphatic rings. The number of nitrogens with zero attached hydrogens (tertiary/aromatic N) is 1. The van der Waals surface area contributed by atoms with Crippen LogP contribution in [0.15, 0.2) is 158 Å². The number of hydrogen-bond acceptors (Lipinski definition) is 1. The van der Waals surface area contributed by atoms with E-state index < -0.39 is 0 Å². The molecule has 0 heterocycles. The van der Waals surface area contributed by atoms with Crippen LogP contribution in [0.5, 0.6) is 0 Å². The van der Waals surface area contributed by atoms with Gasteiger partial charge in [0.1, 0.15) is 0 Å². The molecule has 0 amide bonds. The van der Waals surface area contributed by atoms with Crippen LogP contribution in [0.4, 0.5) is 17.1 Å². The van der Waals surface area contributed by atoms with Crippen molar-refractivity contribution in [2.24, 2.45) is 0 Å². The third-order valence-corrected chi connectivity index (χ3v) is 8.95. The molecule has 0 saturated heterocycles. The van der Waals surface area contributed by atoms with Crippen LogP contribution < -0.4 is 4.90 Å². The zero-order valence-electron chi connectivity index (χ0n) is 23.5. The van der Waals surface area contributed by atoms with Gasteiger partial charge in [0, 0.05) is 16.8 Å². The zero-order valence-corrected chi connectivity index (χ0v) is 23.5. The fourth-order valence-corrected chi connectivity index (χ4v) is 7.01. The summed E-state index contributed by atoms with van der Waals surface area (Å²) in [5.41, 5.74) is 11.1. The molecule has 0 saturated carbocycles. The fourth-order valence-electron chi connectivity index (χ4n) is 7.01. The number of benzene rings is 8. The number of fused-ring (bicyclic) bond motifs is 3. The third kappa shape index (κ3) is 3.72. The predicted octanol–water partition coefficient (Wildman–Crippen LogP) is 11.6. The molecule has 1 heteroatoms. The van der Waals surface area contributed by atoms with E-state index >= 15 is 0 Å². The summed E-state index contributed by atoms with van der Waals surface area (Å²) in [7, 11) is 0. The molecule has 1 aliphatic carbocycles. The molecule has 0 atom stereocenters. The standard InChI is InChI=1S/C42H27N/c1-2-11-32(12-3-1)43(40-26-22-31-20-19-29-9-8-10-30-21-25-38(40)42(31)41(29)30)33-23-17-28(18-24-33)27-39-36-15-6-4-13-34(36)35-14-5-7-16-37(35)39/h1-27H. The van der Waals surface area contributed by atoms with E-state index in [-0.39, 0.29) is 0 Å². The SMILES string of the molecule is C(=C1c2ccccc2-c2ccccc21)c1ccc(N(c2ccccc2)c2ccc3ccc4cccc5ccc2c3c45)cc1. The van der Waals surface area contributed by atoms with Gasteiger partial charge in [-0.25, -0.2) is 0 Å². The van der Waals surface area contributed by atoms with Crippen LogP contribution in [0, 0.1) is 0 Å². The first-order chi connectivity index (χ1) is 21.3. The second-order valence-electron chi connectivity index (χ2n) is 11.4. The summed E-state index contributed by atoms with van der Waals surface area (Å²) in [6, 6.07) is 57.4. The Morgan fingerprint density at radius 3 is 1.58 bits per heavy atom. The largest absolute Gasteiger partial charge is 0.310 e. The molecule has 9 rings (SSSR count). The summed E-state index contributed by atoms with van der Waals surface area (Å²) in [6.07, 6.45) is 2.33. The van der Waals surface area contributed by atoms with Crippen LogP contribution in [0.1, 0.15) is 16.7 Å². The number of anilines is 3. The molecule has 0 bridgehead atoms. The molecule has 8 aromatic carbocycles. The quantitative estimate of drug-likeness (QED) is 0.199. The summed E-state index contributed by atoms with van der Waals surface area (Å²) in [5, 5.41) is 7.77. The van der Waals surface area contributed by atoms with E-state index in [1.54, 1.807) is 0 Å². The van der Waals surface area contributed by atoms with Gasteiger partial charge >= 0.3 is 0 Å². The lowest BCUT2D eigenvalue weighted by Gasteiger charge is -2.27. The second-order valence-corrected chi connectivity index (χ2v) is 11.4. The van der Waals surface area contributed by atoms with Crippen molar-refractivity contribution < 1.29 is 0 Å². The Balaban J connectivity index is 1.20. The molecule has 0 aliphatic heterocycles. The monoisotopic (exact) mass is 545 g/mol. The number of para-hydroxylation sites is 1. The van der Waals surface area contributed by atoms with E-state index in [0.717, 1.165) is 11.4 Å². The summed E-state index contributed by atoms with van der Waals surface area (Å²) in [5.74, 6) is 0. The highest BCUT2D eigenvalue weighted by molar-refractivity contribution is 6.25. The highest BCUT2D eigenvalue weighted by Gasteiger charge is 2.22. The lowest BCUT2D eigenvalue weighted by atomic mass is 9.93. The van der Waals surface area contributed by atoms with Crippen molar-refractivity contribution in [1.29, 1.82) is 0 Å². The van der Waals surface area contributed by atoms with Gasteiger partial charge in [-0.1, -0.05) is 127 Å². The van der Waals surface area contributed by atoms with E-state index in [9.17, 15) is 0 Å². The Kier molecular flexibility index (Phi) is 5.27. The van der Waals surface area contributed by atoms with Gasteiger partial charge in [-0.2, -0.15) is 0 Å². The second kappa shape index (κ2) is 9.44. The lowest BCUT2D eigenvalue weighted by molar-refractivity contribution is 1.30. The maximum Gasteiger partial charge on any atom is 0.0540 e. The Hall–Kier alpha value is -5.66. The average Bonchev–Trinajstić information content (AvgIpc) is 3.39. The molecule has 0 N–H and O–H groups in total. The van der Waals surface area contributed by atoms with Crippen molar-refractivity contribution in [3.63, 3.8) is 0 Å². The van der Waals surface area contributed by atoms with Crippen LogP contribution >= 0.6 is 0 Å². The van der Waals surface area contributed by atoms with Crippen LogP contribution in [0.25, 0.3) is 55.1 Å². The molecule has 0 fully saturated rings. The summed E-state index contributed by atoms with van der Waals surface area (Å²) in [6.45, 7) is 0. The van der Waals surface area contributed by atoms with Gasteiger partial charge in [-0.15, -0.1) is 0 Å². The molecule has 200 valence electrons. The van der Waals surface area contributed by atoms with Gasteiger partial charge in [0.05, 0.1) is 5.69 Å². The molecule has 0 spiro atoms. The number of hydrogen-bond donors (Lipinski definition) is 0. The van der Waals surface area contributed by atoms with Gasteiger partial charge in [-0.05, 0) is 96.7 Å². The highest BCUT2D eigenvalue weighted by atomic mass is 15.1. The molecule has 1 nitrogen and oxygen atoms in total. The first-order valence-electron chi connectivity index (χ1n) is 14.9. The maximum atomic E-state index is 2.39. The maximum absolute atomic E-state index is 2.39. The molecule has 0 aromatic heterocycles. The fraction of sp³-hybridized carbons (Fsp3) is 0. The first-order valence-corrected chi connectivity index (χ1v) is 14.9. The Bertz CT molecular complexity index is 2260. The van der Waals surface area contributed by atoms with E-state index in [1.807, 2.05) is 0 Å². The summed E-state index contributed by atoms with van der Waals surface area (Å²) < 4.78 is 0. The minimum atomic E-state index is 1.13. The van der Waals surface area contributed by atoms with Gasteiger partial charge in [0.25, 0.3) is 0 Å². The third-order valence-electron chi connectivity index (χ3n) is 8.95. The van der Waals surface area contributed by atoms with Crippen molar-refractivity contribution in [3.05, 3.63) is 174 Å². The smallest absolute Gasteiger partial charge is 0.0540 e.